The van der Waals surface area contributed by atoms with E-state index < -0.39 is 0 Å². The van der Waals surface area contributed by atoms with Gasteiger partial charge in [-0.05, 0) is 40.9 Å². The Balaban J connectivity index is 2.21. The molecule has 1 aliphatic carbocycles. The molecule has 104 valence electrons. The van der Waals surface area contributed by atoms with Gasteiger partial charge >= 0.3 is 0 Å². The van der Waals surface area contributed by atoms with E-state index in [1.165, 1.54) is 0 Å². The fourth-order valence-corrected chi connectivity index (χ4v) is 3.35. The summed E-state index contributed by atoms with van der Waals surface area (Å²) in [5.74, 6) is 1.82. The Morgan fingerprint density at radius 3 is 2.40 bits per heavy atom. The molecule has 1 N–H and O–H groups in total. The SMILES string of the molecule is CNc1nc(-c2c(Cl)cccc2Cl)nc(C2CC2)c1Br. The third-order valence-corrected chi connectivity index (χ3v) is 4.68. The molecule has 0 atom stereocenters. The summed E-state index contributed by atoms with van der Waals surface area (Å²) in [5, 5.41) is 4.20. The third kappa shape index (κ3) is 2.52. The third-order valence-electron chi connectivity index (χ3n) is 3.26. The van der Waals surface area contributed by atoms with E-state index in [9.17, 15) is 0 Å². The monoisotopic (exact) mass is 371 g/mol. The largest absolute Gasteiger partial charge is 0.372 e. The first-order valence-electron chi connectivity index (χ1n) is 6.31. The highest BCUT2D eigenvalue weighted by Gasteiger charge is 2.30. The molecular weight excluding hydrogens is 361 g/mol. The topological polar surface area (TPSA) is 37.8 Å². The van der Waals surface area contributed by atoms with Gasteiger partial charge in [0.15, 0.2) is 5.82 Å². The van der Waals surface area contributed by atoms with E-state index in [0.29, 0.717) is 27.4 Å². The predicted molar refractivity (Wildman–Crippen MR) is 86.7 cm³/mol. The van der Waals surface area contributed by atoms with Crippen molar-refractivity contribution in [2.45, 2.75) is 18.8 Å². The van der Waals surface area contributed by atoms with Crippen molar-refractivity contribution in [1.82, 2.24) is 9.97 Å². The van der Waals surface area contributed by atoms with Crippen molar-refractivity contribution < 1.29 is 0 Å². The highest BCUT2D eigenvalue weighted by Crippen LogP contribution is 2.45. The summed E-state index contributed by atoms with van der Waals surface area (Å²) < 4.78 is 0.925. The van der Waals surface area contributed by atoms with Crippen molar-refractivity contribution in [2.75, 3.05) is 12.4 Å². The number of hydrogen-bond donors (Lipinski definition) is 1. The van der Waals surface area contributed by atoms with Crippen LogP contribution in [0.3, 0.4) is 0 Å². The fourth-order valence-electron chi connectivity index (χ4n) is 2.08. The maximum Gasteiger partial charge on any atom is 0.164 e. The van der Waals surface area contributed by atoms with Crippen LogP contribution >= 0.6 is 39.1 Å². The molecule has 0 radical (unpaired) electrons. The van der Waals surface area contributed by atoms with Crippen LogP contribution in [0.5, 0.6) is 0 Å². The van der Waals surface area contributed by atoms with Gasteiger partial charge in [0.05, 0.1) is 25.8 Å². The van der Waals surface area contributed by atoms with Gasteiger partial charge in [0.25, 0.3) is 0 Å². The number of halogens is 3. The van der Waals surface area contributed by atoms with Crippen LogP contribution in [0.4, 0.5) is 5.82 Å². The van der Waals surface area contributed by atoms with Crippen LogP contribution in [0, 0.1) is 0 Å². The molecule has 0 spiro atoms. The second-order valence-electron chi connectivity index (χ2n) is 4.72. The molecule has 3 rings (SSSR count). The van der Waals surface area contributed by atoms with E-state index in [4.69, 9.17) is 23.2 Å². The number of nitrogens with one attached hydrogen (secondary N) is 1. The Kier molecular flexibility index (Phi) is 3.89. The molecule has 0 saturated heterocycles. The molecule has 3 nitrogen and oxygen atoms in total. The molecule has 1 aliphatic rings. The summed E-state index contributed by atoms with van der Waals surface area (Å²) in [7, 11) is 1.84. The van der Waals surface area contributed by atoms with Gasteiger partial charge < -0.3 is 5.32 Å². The van der Waals surface area contributed by atoms with Gasteiger partial charge in [-0.3, -0.25) is 0 Å². The van der Waals surface area contributed by atoms with Gasteiger partial charge in [0.1, 0.15) is 5.82 Å². The Hall–Kier alpha value is -0.840. The van der Waals surface area contributed by atoms with Crippen LogP contribution in [0.25, 0.3) is 11.4 Å². The smallest absolute Gasteiger partial charge is 0.164 e. The lowest BCUT2D eigenvalue weighted by atomic mass is 10.2. The average Bonchev–Trinajstić information content (AvgIpc) is 3.24. The average molecular weight is 373 g/mol. The summed E-state index contributed by atoms with van der Waals surface area (Å²) in [6.45, 7) is 0. The van der Waals surface area contributed by atoms with Crippen molar-refractivity contribution in [2.24, 2.45) is 0 Å². The van der Waals surface area contributed by atoms with Crippen molar-refractivity contribution >= 4 is 44.9 Å². The molecule has 2 aromatic rings. The minimum absolute atomic E-state index is 0.500. The zero-order chi connectivity index (χ0) is 14.3. The molecule has 1 aromatic heterocycles. The molecule has 1 aromatic carbocycles. The van der Waals surface area contributed by atoms with Gasteiger partial charge in [0, 0.05) is 13.0 Å². The second kappa shape index (κ2) is 5.51. The molecule has 6 heteroatoms. The molecule has 0 unspecified atom stereocenters. The number of nitrogens with zero attached hydrogens (tertiary/aromatic N) is 2. The molecule has 1 heterocycles. The molecule has 1 saturated carbocycles. The van der Waals surface area contributed by atoms with E-state index in [0.717, 1.165) is 28.8 Å². The van der Waals surface area contributed by atoms with E-state index in [1.807, 2.05) is 13.1 Å². The first-order chi connectivity index (χ1) is 9.61. The Morgan fingerprint density at radius 2 is 1.85 bits per heavy atom. The van der Waals surface area contributed by atoms with Crippen molar-refractivity contribution in [3.05, 3.63) is 38.4 Å². The first kappa shape index (κ1) is 14.1. The Morgan fingerprint density at radius 1 is 1.20 bits per heavy atom. The van der Waals surface area contributed by atoms with Crippen LogP contribution in [0.1, 0.15) is 24.5 Å². The highest BCUT2D eigenvalue weighted by molar-refractivity contribution is 9.10. The van der Waals surface area contributed by atoms with Gasteiger partial charge in [-0.15, -0.1) is 0 Å². The fraction of sp³-hybridized carbons (Fsp3) is 0.286. The molecular formula is C14H12BrCl2N3. The number of rotatable bonds is 3. The lowest BCUT2D eigenvalue weighted by molar-refractivity contribution is 0.980. The summed E-state index contributed by atoms with van der Waals surface area (Å²) >= 11 is 16.1. The van der Waals surface area contributed by atoms with E-state index in [1.54, 1.807) is 12.1 Å². The maximum absolute atomic E-state index is 6.25. The van der Waals surface area contributed by atoms with E-state index >= 15 is 0 Å². The minimum Gasteiger partial charge on any atom is -0.372 e. The number of anilines is 1. The zero-order valence-electron chi connectivity index (χ0n) is 10.8. The van der Waals surface area contributed by atoms with Crippen molar-refractivity contribution in [3.63, 3.8) is 0 Å². The first-order valence-corrected chi connectivity index (χ1v) is 7.86. The number of aromatic nitrogens is 2. The summed E-state index contributed by atoms with van der Waals surface area (Å²) in [5.41, 5.74) is 1.71. The molecule has 1 fully saturated rings. The van der Waals surface area contributed by atoms with E-state index in [2.05, 4.69) is 31.2 Å². The lowest BCUT2D eigenvalue weighted by Gasteiger charge is -2.12. The lowest BCUT2D eigenvalue weighted by Crippen LogP contribution is -2.03. The van der Waals surface area contributed by atoms with Gasteiger partial charge in [-0.25, -0.2) is 9.97 Å². The number of hydrogen-bond acceptors (Lipinski definition) is 3. The Labute approximate surface area is 135 Å². The molecule has 20 heavy (non-hydrogen) atoms. The predicted octanol–water partition coefficient (Wildman–Crippen LogP) is 5.13. The number of benzene rings is 1. The van der Waals surface area contributed by atoms with Crippen LogP contribution in [-0.4, -0.2) is 17.0 Å². The van der Waals surface area contributed by atoms with Crippen LogP contribution in [0.2, 0.25) is 10.0 Å². The summed E-state index contributed by atoms with van der Waals surface area (Å²) in [6, 6.07) is 5.40. The van der Waals surface area contributed by atoms with Gasteiger partial charge in [-0.1, -0.05) is 29.3 Å². The standard InChI is InChI=1S/C14H12BrCl2N3/c1-18-14-11(15)12(7-5-6-7)19-13(20-14)10-8(16)3-2-4-9(10)17/h2-4,7H,5-6H2,1H3,(H,18,19,20). The summed E-state index contributed by atoms with van der Waals surface area (Å²) in [6.07, 6.45) is 2.32. The van der Waals surface area contributed by atoms with Crippen molar-refractivity contribution in [3.8, 4) is 11.4 Å². The van der Waals surface area contributed by atoms with Crippen LogP contribution < -0.4 is 5.32 Å². The second-order valence-corrected chi connectivity index (χ2v) is 6.32. The van der Waals surface area contributed by atoms with Gasteiger partial charge in [0.2, 0.25) is 0 Å². The maximum atomic E-state index is 6.25. The highest BCUT2D eigenvalue weighted by atomic mass is 79.9. The van der Waals surface area contributed by atoms with Crippen LogP contribution in [0.15, 0.2) is 22.7 Å². The van der Waals surface area contributed by atoms with Gasteiger partial charge in [-0.2, -0.15) is 0 Å². The quantitative estimate of drug-likeness (QED) is 0.811. The van der Waals surface area contributed by atoms with E-state index in [-0.39, 0.29) is 0 Å². The Bertz CT molecular complexity index is 651. The molecule has 0 aliphatic heterocycles. The molecule has 0 amide bonds. The normalized spacial score (nSPS) is 14.4. The van der Waals surface area contributed by atoms with Crippen molar-refractivity contribution in [1.29, 1.82) is 0 Å². The molecule has 0 bridgehead atoms. The van der Waals surface area contributed by atoms with Crippen LogP contribution in [-0.2, 0) is 0 Å². The zero-order valence-corrected chi connectivity index (χ0v) is 13.8. The minimum atomic E-state index is 0.500. The summed E-state index contributed by atoms with van der Waals surface area (Å²) in [4.78, 5) is 9.18.